The molecule has 11 nitrogen and oxygen atoms in total. The Morgan fingerprint density at radius 1 is 1.00 bits per heavy atom. The highest BCUT2D eigenvalue weighted by atomic mass is 35.5. The first kappa shape index (κ1) is 32.3. The number of nitrogens with zero attached hydrogens (tertiary/aromatic N) is 2. The number of rotatable bonds is 6. The lowest BCUT2D eigenvalue weighted by Gasteiger charge is -2.35. The summed E-state index contributed by atoms with van der Waals surface area (Å²) in [5.74, 6) is -0.0273. The number of hydrogen-bond donors (Lipinski definition) is 2. The molecule has 41 heavy (non-hydrogen) atoms. The fraction of sp³-hybridized carbons (Fsp3) is 0.655. The van der Waals surface area contributed by atoms with Gasteiger partial charge in [-0.2, -0.15) is 0 Å². The maximum atomic E-state index is 13.7. The van der Waals surface area contributed by atoms with Crippen molar-refractivity contribution in [1.29, 1.82) is 0 Å². The Labute approximate surface area is 247 Å². The summed E-state index contributed by atoms with van der Waals surface area (Å²) in [5.41, 5.74) is -0.402. The molecule has 2 aliphatic heterocycles. The van der Waals surface area contributed by atoms with E-state index in [-0.39, 0.29) is 31.5 Å². The molecule has 0 aliphatic carbocycles. The Bertz CT molecular complexity index is 1120. The van der Waals surface area contributed by atoms with Crippen molar-refractivity contribution in [2.24, 2.45) is 0 Å². The van der Waals surface area contributed by atoms with E-state index in [0.29, 0.717) is 36.7 Å². The Balaban J connectivity index is 1.60. The van der Waals surface area contributed by atoms with E-state index in [9.17, 15) is 19.2 Å². The number of likely N-dealkylation sites (tertiary alicyclic amines) is 2. The molecule has 0 aromatic heterocycles. The molecule has 12 heteroatoms. The van der Waals surface area contributed by atoms with Crippen LogP contribution in [0.5, 0.6) is 5.75 Å². The largest absolute Gasteiger partial charge is 0.489 e. The number of benzene rings is 1. The van der Waals surface area contributed by atoms with E-state index in [1.165, 1.54) is 4.90 Å². The van der Waals surface area contributed by atoms with E-state index in [0.717, 1.165) is 5.56 Å². The molecular weight excluding hydrogens is 552 g/mol. The summed E-state index contributed by atoms with van der Waals surface area (Å²) >= 11 is 6.29. The molecule has 2 fully saturated rings. The van der Waals surface area contributed by atoms with Crippen LogP contribution in [-0.2, 0) is 19.1 Å². The molecule has 2 atom stereocenters. The molecule has 3 rings (SSSR count). The third-order valence-electron chi connectivity index (χ3n) is 6.51. The third kappa shape index (κ3) is 9.98. The van der Waals surface area contributed by atoms with Crippen LogP contribution in [0, 0.1) is 6.92 Å². The Morgan fingerprint density at radius 2 is 1.63 bits per heavy atom. The maximum Gasteiger partial charge on any atom is 0.411 e. The zero-order valence-electron chi connectivity index (χ0n) is 25.0. The Morgan fingerprint density at radius 3 is 2.24 bits per heavy atom. The van der Waals surface area contributed by atoms with Gasteiger partial charge < -0.3 is 29.7 Å². The van der Waals surface area contributed by atoms with Crippen LogP contribution in [-0.4, -0.2) is 89.4 Å². The van der Waals surface area contributed by atoms with E-state index in [4.69, 9.17) is 25.8 Å². The van der Waals surface area contributed by atoms with E-state index in [2.05, 4.69) is 10.6 Å². The monoisotopic (exact) mass is 594 g/mol. The molecule has 0 saturated carbocycles. The third-order valence-corrected chi connectivity index (χ3v) is 6.82. The van der Waals surface area contributed by atoms with Gasteiger partial charge in [0.25, 0.3) is 0 Å². The van der Waals surface area contributed by atoms with E-state index in [1.54, 1.807) is 52.5 Å². The predicted octanol–water partition coefficient (Wildman–Crippen LogP) is 4.04. The van der Waals surface area contributed by atoms with Gasteiger partial charge in [0.05, 0.1) is 5.02 Å². The molecule has 2 heterocycles. The van der Waals surface area contributed by atoms with Gasteiger partial charge >= 0.3 is 12.2 Å². The number of hydrogen-bond acceptors (Lipinski definition) is 7. The smallest absolute Gasteiger partial charge is 0.411 e. The van der Waals surface area contributed by atoms with Crippen molar-refractivity contribution < 1.29 is 33.4 Å². The van der Waals surface area contributed by atoms with Gasteiger partial charge in [0.2, 0.25) is 11.8 Å². The average molecular weight is 595 g/mol. The minimum atomic E-state index is -0.794. The first-order chi connectivity index (χ1) is 19.0. The van der Waals surface area contributed by atoms with Crippen LogP contribution in [0.3, 0.4) is 0 Å². The molecule has 0 spiro atoms. The van der Waals surface area contributed by atoms with Crippen molar-refractivity contribution in [1.82, 2.24) is 20.4 Å². The summed E-state index contributed by atoms with van der Waals surface area (Å²) in [6.07, 6.45) is 0.0443. The highest BCUT2D eigenvalue weighted by molar-refractivity contribution is 6.32. The summed E-state index contributed by atoms with van der Waals surface area (Å²) in [6.45, 7) is 13.1. The van der Waals surface area contributed by atoms with Gasteiger partial charge in [-0.1, -0.05) is 17.7 Å². The summed E-state index contributed by atoms with van der Waals surface area (Å²) in [4.78, 5) is 54.3. The zero-order chi connectivity index (χ0) is 30.5. The summed E-state index contributed by atoms with van der Waals surface area (Å²) in [6, 6.07) is 4.33. The Hall–Kier alpha value is -3.21. The van der Waals surface area contributed by atoms with E-state index >= 15 is 0 Å². The fourth-order valence-electron chi connectivity index (χ4n) is 4.73. The Kier molecular flexibility index (Phi) is 10.4. The number of halogens is 1. The standard InChI is InChI=1S/C29H43ClN4O7/c1-18-8-9-21(30)23(14-18)39-20-10-12-33(13-11-20)25(36)22-15-19(17-34(22)27(38)41-29(5,6)7)32-24(35)16-31-26(37)40-28(2,3)4/h8-9,14,19-20,22H,10-13,15-17H2,1-7H3,(H,31,37)(H,32,35)/t19?,22-/m0/s1. The molecule has 1 unspecified atom stereocenters. The van der Waals surface area contributed by atoms with Gasteiger partial charge in [0.1, 0.15) is 35.6 Å². The number of amides is 4. The molecule has 228 valence electrons. The number of ether oxygens (including phenoxy) is 3. The molecule has 0 bridgehead atoms. The second-order valence-electron chi connectivity index (χ2n) is 12.6. The SMILES string of the molecule is Cc1ccc(Cl)c(OC2CCN(C(=O)[C@@H]3CC(NC(=O)CNC(=O)OC(C)(C)C)CN3C(=O)OC(C)(C)C)CC2)c1. The molecular formula is C29H43ClN4O7. The lowest BCUT2D eigenvalue weighted by Crippen LogP contribution is -2.51. The quantitative estimate of drug-likeness (QED) is 0.509. The van der Waals surface area contributed by atoms with Crippen LogP contribution in [0.1, 0.15) is 66.4 Å². The first-order valence-electron chi connectivity index (χ1n) is 14.0. The van der Waals surface area contributed by atoms with Crippen molar-refractivity contribution in [3.63, 3.8) is 0 Å². The topological polar surface area (TPSA) is 127 Å². The predicted molar refractivity (Wildman–Crippen MR) is 154 cm³/mol. The van der Waals surface area contributed by atoms with Crippen molar-refractivity contribution in [3.8, 4) is 5.75 Å². The summed E-state index contributed by atoms with van der Waals surface area (Å²) < 4.78 is 16.8. The molecule has 2 aliphatic rings. The number of nitrogens with one attached hydrogen (secondary N) is 2. The number of carbonyl (C=O) groups excluding carboxylic acids is 4. The van der Waals surface area contributed by atoms with Gasteiger partial charge in [-0.3, -0.25) is 14.5 Å². The number of aryl methyl sites for hydroxylation is 1. The highest BCUT2D eigenvalue weighted by Crippen LogP contribution is 2.29. The maximum absolute atomic E-state index is 13.7. The normalized spacial score (nSPS) is 19.9. The lowest BCUT2D eigenvalue weighted by atomic mass is 10.0. The first-order valence-corrected chi connectivity index (χ1v) is 14.4. The van der Waals surface area contributed by atoms with E-state index in [1.807, 2.05) is 19.1 Å². The fourth-order valence-corrected chi connectivity index (χ4v) is 4.89. The van der Waals surface area contributed by atoms with Gasteiger partial charge in [-0.05, 0) is 72.6 Å². The second-order valence-corrected chi connectivity index (χ2v) is 13.0. The minimum Gasteiger partial charge on any atom is -0.489 e. The van der Waals surface area contributed by atoms with Gasteiger partial charge in [0.15, 0.2) is 0 Å². The van der Waals surface area contributed by atoms with Crippen molar-refractivity contribution in [2.75, 3.05) is 26.2 Å². The van der Waals surface area contributed by atoms with Gasteiger partial charge in [-0.25, -0.2) is 9.59 Å². The number of piperidine rings is 1. The minimum absolute atomic E-state index is 0.0894. The zero-order valence-corrected chi connectivity index (χ0v) is 25.8. The molecule has 0 radical (unpaired) electrons. The van der Waals surface area contributed by atoms with Crippen LogP contribution in [0.4, 0.5) is 9.59 Å². The molecule has 1 aromatic rings. The second kappa shape index (κ2) is 13.2. The van der Waals surface area contributed by atoms with Crippen LogP contribution >= 0.6 is 11.6 Å². The molecule has 4 amide bonds. The molecule has 1 aromatic carbocycles. The lowest BCUT2D eigenvalue weighted by molar-refractivity contribution is -0.137. The number of alkyl carbamates (subject to hydrolysis) is 1. The van der Waals surface area contributed by atoms with Gasteiger partial charge in [-0.15, -0.1) is 0 Å². The van der Waals surface area contributed by atoms with Crippen molar-refractivity contribution in [2.45, 2.75) is 97.1 Å². The van der Waals surface area contributed by atoms with E-state index < -0.39 is 41.4 Å². The van der Waals surface area contributed by atoms with Crippen LogP contribution in [0.25, 0.3) is 0 Å². The highest BCUT2D eigenvalue weighted by Gasteiger charge is 2.44. The van der Waals surface area contributed by atoms with Crippen LogP contribution < -0.4 is 15.4 Å². The van der Waals surface area contributed by atoms with Crippen molar-refractivity contribution >= 4 is 35.6 Å². The van der Waals surface area contributed by atoms with Crippen LogP contribution in [0.2, 0.25) is 5.02 Å². The summed E-state index contributed by atoms with van der Waals surface area (Å²) in [7, 11) is 0. The molecule has 2 N–H and O–H groups in total. The summed E-state index contributed by atoms with van der Waals surface area (Å²) in [5, 5.41) is 5.78. The average Bonchev–Trinajstić information content (AvgIpc) is 3.27. The van der Waals surface area contributed by atoms with Crippen molar-refractivity contribution in [3.05, 3.63) is 28.8 Å². The molecule has 2 saturated heterocycles. The van der Waals surface area contributed by atoms with Gasteiger partial charge in [0, 0.05) is 38.5 Å². The number of carbonyl (C=O) groups is 4. The van der Waals surface area contributed by atoms with Crippen LogP contribution in [0.15, 0.2) is 18.2 Å².